The second kappa shape index (κ2) is 4.40. The van der Waals surface area contributed by atoms with Gasteiger partial charge in [0, 0.05) is 15.4 Å². The molecule has 0 aliphatic carbocycles. The Bertz CT molecular complexity index is 614. The second-order valence-corrected chi connectivity index (χ2v) is 5.21. The van der Waals surface area contributed by atoms with Gasteiger partial charge in [0.1, 0.15) is 5.58 Å². The molecule has 1 amide bonds. The lowest BCUT2D eigenvalue weighted by molar-refractivity contribution is -0.0784. The van der Waals surface area contributed by atoms with Gasteiger partial charge in [-0.1, -0.05) is 15.9 Å². The number of nitrogens with zero attached hydrogens (tertiary/aromatic N) is 1. The molecule has 1 aromatic heterocycles. The summed E-state index contributed by atoms with van der Waals surface area (Å²) in [5, 5.41) is 2.33. The predicted molar refractivity (Wildman–Crippen MR) is 70.3 cm³/mol. The minimum Gasteiger partial charge on any atom is -0.451 e. The number of fused-ring (bicyclic) bond motifs is 1. The number of hydroxylamine groups is 2. The zero-order chi connectivity index (χ0) is 12.7. The fraction of sp³-hybridized carbons (Fsp3) is 0.308. The van der Waals surface area contributed by atoms with E-state index in [9.17, 15) is 4.79 Å². The third kappa shape index (κ3) is 1.83. The molecular formula is C13H12BrNO3. The number of hydrogen-bond donors (Lipinski definition) is 0. The Hall–Kier alpha value is -1.33. The monoisotopic (exact) mass is 309 g/mol. The second-order valence-electron chi connectivity index (χ2n) is 4.29. The van der Waals surface area contributed by atoms with Gasteiger partial charge in [0.15, 0.2) is 5.76 Å². The van der Waals surface area contributed by atoms with Gasteiger partial charge in [0.05, 0.1) is 13.2 Å². The molecule has 0 radical (unpaired) electrons. The van der Waals surface area contributed by atoms with Gasteiger partial charge in [0.2, 0.25) is 0 Å². The summed E-state index contributed by atoms with van der Waals surface area (Å²) in [6, 6.07) is 5.70. The van der Waals surface area contributed by atoms with E-state index in [-0.39, 0.29) is 5.91 Å². The molecule has 4 nitrogen and oxygen atoms in total. The first-order valence-electron chi connectivity index (χ1n) is 5.80. The van der Waals surface area contributed by atoms with Gasteiger partial charge in [-0.3, -0.25) is 9.63 Å². The van der Waals surface area contributed by atoms with Crippen LogP contribution in [-0.4, -0.2) is 24.1 Å². The van der Waals surface area contributed by atoms with Crippen LogP contribution in [0.5, 0.6) is 0 Å². The summed E-state index contributed by atoms with van der Waals surface area (Å²) in [6.45, 7) is 3.11. The maximum Gasteiger partial charge on any atom is 0.313 e. The highest BCUT2D eigenvalue weighted by Gasteiger charge is 2.26. The molecule has 1 fully saturated rings. The van der Waals surface area contributed by atoms with Crippen molar-refractivity contribution in [2.45, 2.75) is 13.3 Å². The molecule has 0 N–H and O–H groups in total. The van der Waals surface area contributed by atoms with Gasteiger partial charge in [-0.05, 0) is 31.5 Å². The Labute approximate surface area is 113 Å². The number of hydrogen-bond acceptors (Lipinski definition) is 3. The van der Waals surface area contributed by atoms with E-state index >= 15 is 0 Å². The Morgan fingerprint density at radius 2 is 2.28 bits per heavy atom. The van der Waals surface area contributed by atoms with Crippen LogP contribution in [-0.2, 0) is 4.84 Å². The normalized spacial score (nSPS) is 15.6. The van der Waals surface area contributed by atoms with E-state index in [0.29, 0.717) is 18.9 Å². The molecule has 0 unspecified atom stereocenters. The van der Waals surface area contributed by atoms with Gasteiger partial charge in [-0.2, -0.15) is 0 Å². The van der Waals surface area contributed by atoms with Crippen LogP contribution in [0, 0.1) is 6.92 Å². The Morgan fingerprint density at radius 3 is 3.00 bits per heavy atom. The summed E-state index contributed by atoms with van der Waals surface area (Å²) in [7, 11) is 0. The zero-order valence-electron chi connectivity index (χ0n) is 9.90. The van der Waals surface area contributed by atoms with Crippen LogP contribution in [0.25, 0.3) is 11.0 Å². The molecule has 94 valence electrons. The average Bonchev–Trinajstić information content (AvgIpc) is 2.98. The molecule has 1 saturated heterocycles. The van der Waals surface area contributed by atoms with Gasteiger partial charge < -0.3 is 4.42 Å². The van der Waals surface area contributed by atoms with E-state index in [1.165, 1.54) is 5.06 Å². The first-order chi connectivity index (χ1) is 8.66. The van der Waals surface area contributed by atoms with Crippen LogP contribution in [0.4, 0.5) is 0 Å². The molecule has 0 atom stereocenters. The number of aryl methyl sites for hydroxylation is 1. The number of amides is 1. The topological polar surface area (TPSA) is 42.7 Å². The number of carbonyl (C=O) groups excluding carboxylic acids is 1. The van der Waals surface area contributed by atoms with Crippen LogP contribution in [0.15, 0.2) is 27.1 Å². The van der Waals surface area contributed by atoms with Crippen LogP contribution < -0.4 is 0 Å². The molecule has 1 aliphatic rings. The molecule has 0 spiro atoms. The van der Waals surface area contributed by atoms with Gasteiger partial charge in [-0.15, -0.1) is 0 Å². The molecule has 18 heavy (non-hydrogen) atoms. The Kier molecular flexibility index (Phi) is 2.87. The zero-order valence-corrected chi connectivity index (χ0v) is 11.5. The molecular weight excluding hydrogens is 298 g/mol. The summed E-state index contributed by atoms with van der Waals surface area (Å²) in [5.41, 5.74) is 1.57. The number of carbonyl (C=O) groups is 1. The number of benzene rings is 1. The van der Waals surface area contributed by atoms with Gasteiger partial charge in [-0.25, -0.2) is 5.06 Å². The molecule has 0 bridgehead atoms. The Morgan fingerprint density at radius 1 is 1.44 bits per heavy atom. The van der Waals surface area contributed by atoms with E-state index in [0.717, 1.165) is 27.4 Å². The van der Waals surface area contributed by atoms with E-state index in [1.807, 2.05) is 25.1 Å². The Balaban J connectivity index is 2.06. The van der Waals surface area contributed by atoms with Crippen LogP contribution >= 0.6 is 15.9 Å². The quantitative estimate of drug-likeness (QED) is 0.812. The summed E-state index contributed by atoms with van der Waals surface area (Å²) in [5.74, 6) is 0.169. The fourth-order valence-electron chi connectivity index (χ4n) is 2.12. The van der Waals surface area contributed by atoms with E-state index < -0.39 is 0 Å². The summed E-state index contributed by atoms with van der Waals surface area (Å²) >= 11 is 3.42. The molecule has 2 aromatic rings. The summed E-state index contributed by atoms with van der Waals surface area (Å²) < 4.78 is 6.60. The first kappa shape index (κ1) is 11.7. The van der Waals surface area contributed by atoms with Crippen molar-refractivity contribution in [3.05, 3.63) is 34.0 Å². The average molecular weight is 310 g/mol. The smallest absolute Gasteiger partial charge is 0.313 e. The van der Waals surface area contributed by atoms with Crippen molar-refractivity contribution in [3.8, 4) is 0 Å². The van der Waals surface area contributed by atoms with E-state index in [1.54, 1.807) is 0 Å². The van der Waals surface area contributed by atoms with Gasteiger partial charge >= 0.3 is 5.91 Å². The van der Waals surface area contributed by atoms with Crippen molar-refractivity contribution in [1.29, 1.82) is 0 Å². The number of rotatable bonds is 1. The molecule has 3 rings (SSSR count). The third-order valence-electron chi connectivity index (χ3n) is 3.07. The highest BCUT2D eigenvalue weighted by Crippen LogP contribution is 2.29. The summed E-state index contributed by atoms with van der Waals surface area (Å²) in [4.78, 5) is 17.5. The minimum absolute atomic E-state index is 0.197. The molecule has 5 heteroatoms. The molecule has 0 saturated carbocycles. The highest BCUT2D eigenvalue weighted by atomic mass is 79.9. The highest BCUT2D eigenvalue weighted by molar-refractivity contribution is 9.10. The lowest BCUT2D eigenvalue weighted by atomic mass is 10.1. The van der Waals surface area contributed by atoms with E-state index in [2.05, 4.69) is 15.9 Å². The van der Waals surface area contributed by atoms with Crippen molar-refractivity contribution in [2.75, 3.05) is 13.2 Å². The van der Waals surface area contributed by atoms with Crippen molar-refractivity contribution in [3.63, 3.8) is 0 Å². The first-order valence-corrected chi connectivity index (χ1v) is 6.59. The molecule has 1 aliphatic heterocycles. The van der Waals surface area contributed by atoms with Crippen LogP contribution in [0.2, 0.25) is 0 Å². The van der Waals surface area contributed by atoms with Crippen LogP contribution in [0.3, 0.4) is 0 Å². The van der Waals surface area contributed by atoms with Crippen molar-refractivity contribution < 1.29 is 14.0 Å². The van der Waals surface area contributed by atoms with Crippen molar-refractivity contribution >= 4 is 32.8 Å². The van der Waals surface area contributed by atoms with Crippen LogP contribution in [0.1, 0.15) is 22.5 Å². The standard InChI is InChI=1S/C13H12BrNO3/c1-8-10-7-9(14)3-4-11(10)18-12(8)13(16)15-5-2-6-17-15/h3-4,7H,2,5-6H2,1H3. The SMILES string of the molecule is Cc1c(C(=O)N2CCCO2)oc2ccc(Br)cc12. The van der Waals surface area contributed by atoms with Crippen molar-refractivity contribution in [2.24, 2.45) is 0 Å². The van der Waals surface area contributed by atoms with Crippen molar-refractivity contribution in [1.82, 2.24) is 5.06 Å². The number of halogens is 1. The maximum atomic E-state index is 12.2. The lowest BCUT2D eigenvalue weighted by Gasteiger charge is -2.11. The maximum absolute atomic E-state index is 12.2. The largest absolute Gasteiger partial charge is 0.451 e. The third-order valence-corrected chi connectivity index (χ3v) is 3.56. The lowest BCUT2D eigenvalue weighted by Crippen LogP contribution is -2.26. The number of furan rings is 1. The predicted octanol–water partition coefficient (Wildman–Crippen LogP) is 3.28. The molecule has 2 heterocycles. The van der Waals surface area contributed by atoms with E-state index in [4.69, 9.17) is 9.25 Å². The van der Waals surface area contributed by atoms with Gasteiger partial charge in [0.25, 0.3) is 0 Å². The minimum atomic E-state index is -0.197. The summed E-state index contributed by atoms with van der Waals surface area (Å²) in [6.07, 6.45) is 0.872. The fourth-order valence-corrected chi connectivity index (χ4v) is 2.48. The molecule has 1 aromatic carbocycles.